The summed E-state index contributed by atoms with van der Waals surface area (Å²) in [6.07, 6.45) is 7.79. The van der Waals surface area contributed by atoms with Crippen LogP contribution in [0.2, 0.25) is 0 Å². The van der Waals surface area contributed by atoms with Gasteiger partial charge in [-0.25, -0.2) is 0 Å². The molecule has 20 heavy (non-hydrogen) atoms. The molecule has 0 bridgehead atoms. The van der Waals surface area contributed by atoms with Gasteiger partial charge in [0.25, 0.3) is 0 Å². The van der Waals surface area contributed by atoms with Gasteiger partial charge in [0.15, 0.2) is 0 Å². The Kier molecular flexibility index (Phi) is 5.18. The lowest BCUT2D eigenvalue weighted by Crippen LogP contribution is -2.04. The molecule has 0 unspecified atom stereocenters. The van der Waals surface area contributed by atoms with Crippen molar-refractivity contribution in [2.24, 2.45) is 0 Å². The van der Waals surface area contributed by atoms with Crippen LogP contribution in [0.3, 0.4) is 0 Å². The molecule has 0 atom stereocenters. The second kappa shape index (κ2) is 7.34. The van der Waals surface area contributed by atoms with Crippen molar-refractivity contribution in [3.63, 3.8) is 0 Å². The SMILES string of the molecule is C=Cc1ccc(COC(=O)CCCc2cc[nH]c2)cc1. The van der Waals surface area contributed by atoms with Crippen molar-refractivity contribution in [1.82, 2.24) is 4.98 Å². The first kappa shape index (κ1) is 14.1. The Morgan fingerprint density at radius 2 is 2.00 bits per heavy atom. The molecule has 0 aliphatic rings. The van der Waals surface area contributed by atoms with E-state index in [-0.39, 0.29) is 5.97 Å². The lowest BCUT2D eigenvalue weighted by atomic mass is 10.1. The smallest absolute Gasteiger partial charge is 0.306 e. The third-order valence-electron chi connectivity index (χ3n) is 3.12. The van der Waals surface area contributed by atoms with E-state index in [1.54, 1.807) is 6.08 Å². The molecule has 0 radical (unpaired) electrons. The summed E-state index contributed by atoms with van der Waals surface area (Å²) in [4.78, 5) is 14.6. The van der Waals surface area contributed by atoms with Crippen LogP contribution in [0.25, 0.3) is 6.08 Å². The van der Waals surface area contributed by atoms with Gasteiger partial charge in [0, 0.05) is 18.8 Å². The monoisotopic (exact) mass is 269 g/mol. The lowest BCUT2D eigenvalue weighted by Gasteiger charge is -2.05. The van der Waals surface area contributed by atoms with E-state index in [9.17, 15) is 4.79 Å². The Bertz CT molecular complexity index is 541. The van der Waals surface area contributed by atoms with E-state index in [4.69, 9.17) is 4.74 Å². The van der Waals surface area contributed by atoms with Crippen LogP contribution in [0.4, 0.5) is 0 Å². The molecule has 0 amide bonds. The predicted molar refractivity (Wildman–Crippen MR) is 80.1 cm³/mol. The third kappa shape index (κ3) is 4.43. The Morgan fingerprint density at radius 3 is 2.65 bits per heavy atom. The van der Waals surface area contributed by atoms with Crippen LogP contribution >= 0.6 is 0 Å². The number of aromatic nitrogens is 1. The average Bonchev–Trinajstić information content (AvgIpc) is 2.99. The number of ether oxygens (including phenoxy) is 1. The second-order valence-corrected chi connectivity index (χ2v) is 4.68. The number of hydrogen-bond acceptors (Lipinski definition) is 2. The average molecular weight is 269 g/mol. The molecule has 1 N–H and O–H groups in total. The number of aryl methyl sites for hydroxylation is 1. The van der Waals surface area contributed by atoms with Crippen molar-refractivity contribution in [3.8, 4) is 0 Å². The molecule has 0 aliphatic carbocycles. The molecule has 1 heterocycles. The van der Waals surface area contributed by atoms with Crippen molar-refractivity contribution in [2.75, 3.05) is 0 Å². The number of nitrogens with one attached hydrogen (secondary N) is 1. The normalized spacial score (nSPS) is 10.2. The molecule has 3 heteroatoms. The minimum absolute atomic E-state index is 0.145. The van der Waals surface area contributed by atoms with E-state index in [0.717, 1.165) is 24.0 Å². The van der Waals surface area contributed by atoms with Gasteiger partial charge in [0.1, 0.15) is 6.61 Å². The lowest BCUT2D eigenvalue weighted by molar-refractivity contribution is -0.145. The first-order chi connectivity index (χ1) is 9.78. The van der Waals surface area contributed by atoms with Crippen LogP contribution in [0.1, 0.15) is 29.5 Å². The Hall–Kier alpha value is -2.29. The minimum Gasteiger partial charge on any atom is -0.461 e. The number of rotatable bonds is 7. The highest BCUT2D eigenvalue weighted by Gasteiger charge is 2.04. The molecule has 0 saturated heterocycles. The summed E-state index contributed by atoms with van der Waals surface area (Å²) in [6, 6.07) is 9.84. The summed E-state index contributed by atoms with van der Waals surface area (Å²) in [5, 5.41) is 0. The summed E-state index contributed by atoms with van der Waals surface area (Å²) in [5.74, 6) is -0.145. The van der Waals surface area contributed by atoms with Gasteiger partial charge in [-0.05, 0) is 35.6 Å². The molecule has 1 aromatic heterocycles. The molecule has 1 aromatic carbocycles. The zero-order valence-electron chi connectivity index (χ0n) is 11.5. The Labute approximate surface area is 119 Å². The van der Waals surface area contributed by atoms with Gasteiger partial charge >= 0.3 is 5.97 Å². The van der Waals surface area contributed by atoms with Gasteiger partial charge in [-0.2, -0.15) is 0 Å². The van der Waals surface area contributed by atoms with Gasteiger partial charge in [-0.1, -0.05) is 36.9 Å². The number of carbonyl (C=O) groups is 1. The van der Waals surface area contributed by atoms with Gasteiger partial charge in [-0.15, -0.1) is 0 Å². The van der Waals surface area contributed by atoms with E-state index in [1.165, 1.54) is 5.56 Å². The molecule has 2 aromatic rings. The van der Waals surface area contributed by atoms with Crippen LogP contribution in [0.5, 0.6) is 0 Å². The number of benzene rings is 1. The Balaban J connectivity index is 1.67. The molecular weight excluding hydrogens is 250 g/mol. The van der Waals surface area contributed by atoms with Crippen molar-refractivity contribution in [2.45, 2.75) is 25.9 Å². The predicted octanol–water partition coefficient (Wildman–Crippen LogP) is 3.72. The van der Waals surface area contributed by atoms with Crippen molar-refractivity contribution in [1.29, 1.82) is 0 Å². The van der Waals surface area contributed by atoms with Crippen molar-refractivity contribution in [3.05, 3.63) is 66.0 Å². The van der Waals surface area contributed by atoms with E-state index >= 15 is 0 Å². The van der Waals surface area contributed by atoms with Gasteiger partial charge in [0.2, 0.25) is 0 Å². The summed E-state index contributed by atoms with van der Waals surface area (Å²) < 4.78 is 5.25. The van der Waals surface area contributed by atoms with E-state index < -0.39 is 0 Å². The first-order valence-corrected chi connectivity index (χ1v) is 6.76. The number of esters is 1. The molecule has 0 aliphatic heterocycles. The quantitative estimate of drug-likeness (QED) is 0.778. The van der Waals surface area contributed by atoms with Crippen LogP contribution in [-0.4, -0.2) is 11.0 Å². The summed E-state index contributed by atoms with van der Waals surface area (Å²) in [6.45, 7) is 4.04. The fourth-order valence-electron chi connectivity index (χ4n) is 1.94. The maximum absolute atomic E-state index is 11.6. The van der Waals surface area contributed by atoms with Gasteiger partial charge < -0.3 is 9.72 Å². The zero-order chi connectivity index (χ0) is 14.2. The zero-order valence-corrected chi connectivity index (χ0v) is 11.5. The van der Waals surface area contributed by atoms with Crippen LogP contribution in [0, 0.1) is 0 Å². The number of H-pyrrole nitrogens is 1. The van der Waals surface area contributed by atoms with Gasteiger partial charge in [0.05, 0.1) is 0 Å². The third-order valence-corrected chi connectivity index (χ3v) is 3.12. The highest BCUT2D eigenvalue weighted by Crippen LogP contribution is 2.08. The molecular formula is C17H19NO2. The van der Waals surface area contributed by atoms with Crippen LogP contribution in [0.15, 0.2) is 49.3 Å². The minimum atomic E-state index is -0.145. The van der Waals surface area contributed by atoms with Crippen molar-refractivity contribution >= 4 is 12.0 Å². The molecule has 0 saturated carbocycles. The van der Waals surface area contributed by atoms with Gasteiger partial charge in [-0.3, -0.25) is 4.79 Å². The van der Waals surface area contributed by atoms with E-state index in [1.807, 2.05) is 42.7 Å². The maximum Gasteiger partial charge on any atom is 0.306 e. The standard InChI is InChI=1S/C17H19NO2/c1-2-14-6-8-16(9-7-14)13-20-17(19)5-3-4-15-10-11-18-12-15/h2,6-12,18H,1,3-5,13H2. The molecule has 104 valence electrons. The fourth-order valence-corrected chi connectivity index (χ4v) is 1.94. The van der Waals surface area contributed by atoms with Crippen LogP contribution in [-0.2, 0) is 22.6 Å². The van der Waals surface area contributed by atoms with E-state index in [2.05, 4.69) is 11.6 Å². The summed E-state index contributed by atoms with van der Waals surface area (Å²) >= 11 is 0. The highest BCUT2D eigenvalue weighted by molar-refractivity contribution is 5.69. The molecule has 3 nitrogen and oxygen atoms in total. The number of hydrogen-bond donors (Lipinski definition) is 1. The molecule has 0 spiro atoms. The molecule has 2 rings (SSSR count). The maximum atomic E-state index is 11.6. The number of carbonyl (C=O) groups excluding carboxylic acids is 1. The van der Waals surface area contributed by atoms with E-state index in [0.29, 0.717) is 13.0 Å². The van der Waals surface area contributed by atoms with Crippen LogP contribution < -0.4 is 0 Å². The van der Waals surface area contributed by atoms with Crippen molar-refractivity contribution < 1.29 is 9.53 Å². The first-order valence-electron chi connectivity index (χ1n) is 6.76. The summed E-state index contributed by atoms with van der Waals surface area (Å²) in [5.41, 5.74) is 3.28. The second-order valence-electron chi connectivity index (χ2n) is 4.68. The number of aromatic amines is 1. The summed E-state index contributed by atoms with van der Waals surface area (Å²) in [7, 11) is 0. The Morgan fingerprint density at radius 1 is 1.20 bits per heavy atom. The largest absolute Gasteiger partial charge is 0.461 e. The fraction of sp³-hybridized carbons (Fsp3) is 0.235. The topological polar surface area (TPSA) is 42.1 Å². The highest BCUT2D eigenvalue weighted by atomic mass is 16.5. The molecule has 0 fully saturated rings.